The summed E-state index contributed by atoms with van der Waals surface area (Å²) in [5.41, 5.74) is 1.19. The molecular formula is C16H24LiO4P. The fourth-order valence-electron chi connectivity index (χ4n) is 2.73. The molecule has 0 saturated heterocycles. The second kappa shape index (κ2) is 9.45. The Morgan fingerprint density at radius 2 is 1.55 bits per heavy atom. The summed E-state index contributed by atoms with van der Waals surface area (Å²) in [5.74, 6) is 1.68. The van der Waals surface area contributed by atoms with Gasteiger partial charge < -0.3 is 14.2 Å². The van der Waals surface area contributed by atoms with Crippen molar-refractivity contribution in [3.63, 3.8) is 0 Å². The van der Waals surface area contributed by atoms with Crippen LogP contribution in [-0.4, -0.2) is 51.4 Å². The maximum absolute atomic E-state index is 12.7. The summed E-state index contributed by atoms with van der Waals surface area (Å²) < 4.78 is 15.9. The Labute approximate surface area is 146 Å². The SMILES string of the molecule is COc1cc(OC)c(C(=O)PC2CCCCC2)c(OC)c1.[LiH]. The van der Waals surface area contributed by atoms with Crippen LogP contribution in [0.4, 0.5) is 0 Å². The van der Waals surface area contributed by atoms with E-state index in [-0.39, 0.29) is 33.0 Å². The third-order valence-corrected chi connectivity index (χ3v) is 5.38. The van der Waals surface area contributed by atoms with Gasteiger partial charge in [0.05, 0.1) is 21.3 Å². The molecule has 0 radical (unpaired) electrons. The zero-order valence-electron chi connectivity index (χ0n) is 12.9. The average molecular weight is 318 g/mol. The van der Waals surface area contributed by atoms with E-state index in [0.717, 1.165) is 12.8 Å². The average Bonchev–Trinajstić information content (AvgIpc) is 2.54. The van der Waals surface area contributed by atoms with E-state index in [2.05, 4.69) is 0 Å². The molecule has 4 nitrogen and oxygen atoms in total. The normalized spacial score (nSPS) is 15.4. The van der Waals surface area contributed by atoms with E-state index >= 15 is 0 Å². The predicted molar refractivity (Wildman–Crippen MR) is 92.8 cm³/mol. The van der Waals surface area contributed by atoms with Crippen molar-refractivity contribution in [2.24, 2.45) is 0 Å². The zero-order valence-corrected chi connectivity index (χ0v) is 13.9. The first-order chi connectivity index (χ1) is 10.2. The van der Waals surface area contributed by atoms with Crippen LogP contribution in [0.3, 0.4) is 0 Å². The number of carbonyl (C=O) groups excluding carboxylic acids is 1. The molecule has 1 unspecified atom stereocenters. The molecule has 0 aromatic heterocycles. The van der Waals surface area contributed by atoms with Gasteiger partial charge >= 0.3 is 18.9 Å². The summed E-state index contributed by atoms with van der Waals surface area (Å²) >= 11 is 0. The molecule has 0 bridgehead atoms. The number of hydrogen-bond donors (Lipinski definition) is 0. The van der Waals surface area contributed by atoms with Gasteiger partial charge in [-0.15, -0.1) is 0 Å². The second-order valence-electron chi connectivity index (χ2n) is 5.22. The van der Waals surface area contributed by atoms with Gasteiger partial charge in [0.25, 0.3) is 0 Å². The molecule has 22 heavy (non-hydrogen) atoms. The third kappa shape index (κ3) is 4.65. The molecule has 118 valence electrons. The molecule has 1 atom stereocenters. The molecular weight excluding hydrogens is 294 g/mol. The van der Waals surface area contributed by atoms with Gasteiger partial charge in [0, 0.05) is 12.1 Å². The zero-order chi connectivity index (χ0) is 15.2. The maximum atomic E-state index is 12.7. The Hall–Kier alpha value is -0.683. The first-order valence-corrected chi connectivity index (χ1v) is 8.38. The minimum absolute atomic E-state index is 0. The van der Waals surface area contributed by atoms with Crippen LogP contribution in [0.2, 0.25) is 0 Å². The molecule has 1 fully saturated rings. The third-order valence-electron chi connectivity index (χ3n) is 3.88. The van der Waals surface area contributed by atoms with E-state index in [4.69, 9.17) is 14.2 Å². The summed E-state index contributed by atoms with van der Waals surface area (Å²) in [6.07, 6.45) is 6.09. The van der Waals surface area contributed by atoms with Crippen molar-refractivity contribution in [1.82, 2.24) is 0 Å². The van der Waals surface area contributed by atoms with Crippen molar-refractivity contribution in [3.8, 4) is 17.2 Å². The van der Waals surface area contributed by atoms with Crippen LogP contribution in [-0.2, 0) is 0 Å². The van der Waals surface area contributed by atoms with Gasteiger partial charge in [-0.1, -0.05) is 19.3 Å². The van der Waals surface area contributed by atoms with Gasteiger partial charge in [-0.3, -0.25) is 4.79 Å². The van der Waals surface area contributed by atoms with Crippen LogP contribution in [0.1, 0.15) is 42.5 Å². The van der Waals surface area contributed by atoms with Crippen molar-refractivity contribution in [2.45, 2.75) is 37.8 Å². The minimum atomic E-state index is 0. The second-order valence-corrected chi connectivity index (χ2v) is 6.77. The molecule has 2 rings (SSSR count). The van der Waals surface area contributed by atoms with Gasteiger partial charge in [0.2, 0.25) is 0 Å². The van der Waals surface area contributed by atoms with Gasteiger partial charge in [0.1, 0.15) is 22.8 Å². The Bertz CT molecular complexity index is 476. The van der Waals surface area contributed by atoms with Crippen LogP contribution in [0, 0.1) is 0 Å². The van der Waals surface area contributed by atoms with Crippen molar-refractivity contribution < 1.29 is 19.0 Å². The van der Waals surface area contributed by atoms with Gasteiger partial charge in [-0.05, 0) is 27.1 Å². The topological polar surface area (TPSA) is 44.8 Å². The summed E-state index contributed by atoms with van der Waals surface area (Å²) in [6.45, 7) is 0. The summed E-state index contributed by atoms with van der Waals surface area (Å²) in [6, 6.07) is 3.47. The van der Waals surface area contributed by atoms with E-state index in [9.17, 15) is 4.79 Å². The number of rotatable bonds is 6. The molecule has 1 aromatic carbocycles. The monoisotopic (exact) mass is 318 g/mol. The molecule has 0 amide bonds. The number of methoxy groups -OCH3 is 3. The Balaban J connectivity index is 0.00000242. The quantitative estimate of drug-likeness (QED) is 0.597. The molecule has 6 heteroatoms. The van der Waals surface area contributed by atoms with Crippen LogP contribution in [0.5, 0.6) is 17.2 Å². The van der Waals surface area contributed by atoms with Crippen LogP contribution in [0.15, 0.2) is 12.1 Å². The molecule has 1 saturated carbocycles. The van der Waals surface area contributed by atoms with Crippen molar-refractivity contribution in [3.05, 3.63) is 17.7 Å². The van der Waals surface area contributed by atoms with E-state index in [1.807, 2.05) is 0 Å². The molecule has 1 aliphatic rings. The van der Waals surface area contributed by atoms with Gasteiger partial charge in [-0.25, -0.2) is 0 Å². The number of ether oxygens (including phenoxy) is 3. The molecule has 0 heterocycles. The van der Waals surface area contributed by atoms with E-state index < -0.39 is 0 Å². The van der Waals surface area contributed by atoms with Crippen LogP contribution >= 0.6 is 8.58 Å². The molecule has 1 aromatic rings. The first kappa shape index (κ1) is 19.4. The fourth-order valence-corrected chi connectivity index (χ4v) is 4.19. The first-order valence-electron chi connectivity index (χ1n) is 7.30. The van der Waals surface area contributed by atoms with Crippen molar-refractivity contribution in [2.75, 3.05) is 21.3 Å². The summed E-state index contributed by atoms with van der Waals surface area (Å²) in [5, 5.41) is 0. The van der Waals surface area contributed by atoms with E-state index in [1.165, 1.54) is 19.3 Å². The van der Waals surface area contributed by atoms with Gasteiger partial charge in [0.15, 0.2) is 5.52 Å². The van der Waals surface area contributed by atoms with Gasteiger partial charge in [-0.2, -0.15) is 0 Å². The van der Waals surface area contributed by atoms with Crippen molar-refractivity contribution >= 4 is 33.0 Å². The summed E-state index contributed by atoms with van der Waals surface area (Å²) in [7, 11) is 5.00. The van der Waals surface area contributed by atoms with E-state index in [1.54, 1.807) is 33.5 Å². The Morgan fingerprint density at radius 1 is 1.00 bits per heavy atom. The standard InChI is InChI=1S/C16H23O4P.Li.H/c1-18-11-9-13(19-2)15(14(10-11)20-3)16(17)21-12-7-5-4-6-8-12;;/h9-10,12,21H,4-8H2,1-3H3;;. The number of carbonyl (C=O) groups is 1. The molecule has 0 spiro atoms. The van der Waals surface area contributed by atoms with Crippen molar-refractivity contribution in [1.29, 1.82) is 0 Å². The fraction of sp³-hybridized carbons (Fsp3) is 0.562. The summed E-state index contributed by atoms with van der Waals surface area (Å²) in [4.78, 5) is 12.7. The number of benzene rings is 1. The Kier molecular flexibility index (Phi) is 8.32. The predicted octanol–water partition coefficient (Wildman–Crippen LogP) is 3.22. The molecule has 1 aliphatic carbocycles. The van der Waals surface area contributed by atoms with E-state index in [0.29, 0.717) is 28.5 Å². The Morgan fingerprint density at radius 3 is 2.00 bits per heavy atom. The number of hydrogen-bond acceptors (Lipinski definition) is 4. The van der Waals surface area contributed by atoms with Crippen LogP contribution < -0.4 is 14.2 Å². The molecule has 0 aliphatic heterocycles. The van der Waals surface area contributed by atoms with Crippen LogP contribution in [0.25, 0.3) is 0 Å². The molecule has 0 N–H and O–H groups in total.